The van der Waals surface area contributed by atoms with E-state index in [0.717, 1.165) is 45.1 Å². The van der Waals surface area contributed by atoms with Crippen molar-refractivity contribution in [2.75, 3.05) is 23.0 Å². The number of primary amides is 1. The Kier molecular flexibility index (Phi) is 5.57. The van der Waals surface area contributed by atoms with Crippen LogP contribution in [0, 0.1) is 5.92 Å². The van der Waals surface area contributed by atoms with Gasteiger partial charge in [-0.3, -0.25) is 4.79 Å². The second-order valence-corrected chi connectivity index (χ2v) is 7.14. The minimum Gasteiger partial charge on any atom is -0.394 e. The van der Waals surface area contributed by atoms with Gasteiger partial charge in [0.25, 0.3) is 0 Å². The average Bonchev–Trinajstić information content (AvgIpc) is 2.58. The van der Waals surface area contributed by atoms with Crippen LogP contribution in [0.25, 0.3) is 0 Å². The number of carbonyl (C=O) groups excluding carboxylic acids is 1. The maximum atomic E-state index is 11.3. The van der Waals surface area contributed by atoms with E-state index < -0.39 is 0 Å². The molecule has 1 amide bonds. The standard InChI is InChI=1S/C17H28N6O2/c1-10-8-13(6-7-25-10)22-17-20-9-14(18)16(23-17)21-12-4-2-11(3-5-12)15(19)24/h9-13H,2-8,18H2,1H3,(H2,19,24)(H2,20,21,22,23)/t10-,11?,12?,13-/m0/s1. The Bertz CT molecular complexity index is 603. The van der Waals surface area contributed by atoms with Crippen LogP contribution in [0.2, 0.25) is 0 Å². The van der Waals surface area contributed by atoms with Crippen LogP contribution >= 0.6 is 0 Å². The quantitative estimate of drug-likeness (QED) is 0.634. The molecule has 8 heteroatoms. The van der Waals surface area contributed by atoms with Gasteiger partial charge in [0.15, 0.2) is 5.82 Å². The molecular formula is C17H28N6O2. The fourth-order valence-corrected chi connectivity index (χ4v) is 3.60. The summed E-state index contributed by atoms with van der Waals surface area (Å²) < 4.78 is 5.57. The van der Waals surface area contributed by atoms with Crippen molar-refractivity contribution >= 4 is 23.4 Å². The van der Waals surface area contributed by atoms with Gasteiger partial charge < -0.3 is 26.8 Å². The Morgan fingerprint density at radius 1 is 1.20 bits per heavy atom. The third-order valence-corrected chi connectivity index (χ3v) is 5.11. The van der Waals surface area contributed by atoms with Crippen molar-refractivity contribution in [2.24, 2.45) is 11.7 Å². The van der Waals surface area contributed by atoms with Gasteiger partial charge in [0.2, 0.25) is 11.9 Å². The van der Waals surface area contributed by atoms with Gasteiger partial charge in [0, 0.05) is 24.6 Å². The molecule has 8 nitrogen and oxygen atoms in total. The lowest BCUT2D eigenvalue weighted by molar-refractivity contribution is -0.122. The zero-order chi connectivity index (χ0) is 17.8. The molecule has 0 unspecified atom stereocenters. The Morgan fingerprint density at radius 3 is 2.64 bits per heavy atom. The van der Waals surface area contributed by atoms with Gasteiger partial charge in [-0.15, -0.1) is 0 Å². The molecule has 0 spiro atoms. The van der Waals surface area contributed by atoms with Crippen LogP contribution in [-0.2, 0) is 9.53 Å². The predicted octanol–water partition coefficient (Wildman–Crippen LogP) is 1.49. The fourth-order valence-electron chi connectivity index (χ4n) is 3.60. The first kappa shape index (κ1) is 17.7. The highest BCUT2D eigenvalue weighted by atomic mass is 16.5. The number of rotatable bonds is 5. The molecule has 0 aromatic carbocycles. The molecule has 1 saturated carbocycles. The number of hydrogen-bond acceptors (Lipinski definition) is 7. The molecule has 0 bridgehead atoms. The largest absolute Gasteiger partial charge is 0.394 e. The zero-order valence-electron chi connectivity index (χ0n) is 14.7. The highest BCUT2D eigenvalue weighted by molar-refractivity contribution is 5.76. The number of carbonyl (C=O) groups is 1. The summed E-state index contributed by atoms with van der Waals surface area (Å²) in [6.07, 6.45) is 7.15. The van der Waals surface area contributed by atoms with Crippen molar-refractivity contribution in [1.29, 1.82) is 0 Å². The summed E-state index contributed by atoms with van der Waals surface area (Å²) in [6, 6.07) is 0.565. The maximum Gasteiger partial charge on any atom is 0.224 e. The molecule has 2 heterocycles. The van der Waals surface area contributed by atoms with E-state index in [1.807, 2.05) is 0 Å². The topological polar surface area (TPSA) is 128 Å². The summed E-state index contributed by atoms with van der Waals surface area (Å²) in [5, 5.41) is 6.78. The SMILES string of the molecule is C[C@H]1C[C@@H](Nc2ncc(N)c(NC3CCC(C(N)=O)CC3)n2)CCO1. The summed E-state index contributed by atoms with van der Waals surface area (Å²) in [5.41, 5.74) is 11.9. The van der Waals surface area contributed by atoms with Crippen LogP contribution in [0.1, 0.15) is 45.4 Å². The zero-order valence-corrected chi connectivity index (χ0v) is 14.7. The van der Waals surface area contributed by atoms with Crippen LogP contribution < -0.4 is 22.1 Å². The smallest absolute Gasteiger partial charge is 0.224 e. The summed E-state index contributed by atoms with van der Waals surface area (Å²) >= 11 is 0. The van der Waals surface area contributed by atoms with E-state index in [0.29, 0.717) is 23.5 Å². The number of nitrogen functional groups attached to an aromatic ring is 1. The summed E-state index contributed by atoms with van der Waals surface area (Å²) in [5.74, 6) is 1.03. The van der Waals surface area contributed by atoms with Crippen LogP contribution in [0.5, 0.6) is 0 Å². The molecule has 3 rings (SSSR count). The van der Waals surface area contributed by atoms with E-state index >= 15 is 0 Å². The van der Waals surface area contributed by atoms with E-state index in [1.54, 1.807) is 6.20 Å². The highest BCUT2D eigenvalue weighted by Gasteiger charge is 2.25. The first-order valence-electron chi connectivity index (χ1n) is 9.07. The molecule has 2 aliphatic rings. The summed E-state index contributed by atoms with van der Waals surface area (Å²) in [7, 11) is 0. The molecule has 0 radical (unpaired) electrons. The molecule has 138 valence electrons. The molecule has 2 atom stereocenters. The van der Waals surface area contributed by atoms with Crippen molar-refractivity contribution in [3.05, 3.63) is 6.20 Å². The van der Waals surface area contributed by atoms with Crippen molar-refractivity contribution in [2.45, 2.75) is 63.6 Å². The summed E-state index contributed by atoms with van der Waals surface area (Å²) in [6.45, 7) is 2.83. The molecule has 1 aromatic rings. The van der Waals surface area contributed by atoms with Gasteiger partial charge in [-0.2, -0.15) is 4.98 Å². The second kappa shape index (κ2) is 7.86. The van der Waals surface area contributed by atoms with Gasteiger partial charge in [0.1, 0.15) is 0 Å². The van der Waals surface area contributed by atoms with Crippen LogP contribution in [0.3, 0.4) is 0 Å². The number of ether oxygens (including phenoxy) is 1. The minimum absolute atomic E-state index is 0.00599. The lowest BCUT2D eigenvalue weighted by Crippen LogP contribution is -2.34. The van der Waals surface area contributed by atoms with E-state index in [9.17, 15) is 4.79 Å². The molecular weight excluding hydrogens is 320 g/mol. The number of nitrogens with one attached hydrogen (secondary N) is 2. The van der Waals surface area contributed by atoms with Crippen LogP contribution in [-0.4, -0.2) is 40.7 Å². The fraction of sp³-hybridized carbons (Fsp3) is 0.706. The predicted molar refractivity (Wildman–Crippen MR) is 97.1 cm³/mol. The Labute approximate surface area is 148 Å². The maximum absolute atomic E-state index is 11.3. The van der Waals surface area contributed by atoms with Gasteiger partial charge in [-0.05, 0) is 45.4 Å². The van der Waals surface area contributed by atoms with Crippen molar-refractivity contribution in [1.82, 2.24) is 9.97 Å². The van der Waals surface area contributed by atoms with Gasteiger partial charge in [-0.25, -0.2) is 4.98 Å². The number of nitrogens with two attached hydrogens (primary N) is 2. The minimum atomic E-state index is -0.197. The summed E-state index contributed by atoms with van der Waals surface area (Å²) in [4.78, 5) is 20.1. The normalized spacial score (nSPS) is 29.8. The molecule has 1 aromatic heterocycles. The molecule has 1 saturated heterocycles. The van der Waals surface area contributed by atoms with E-state index in [2.05, 4.69) is 27.5 Å². The first-order valence-corrected chi connectivity index (χ1v) is 9.07. The number of nitrogens with zero attached hydrogens (tertiary/aromatic N) is 2. The third kappa shape index (κ3) is 4.72. The van der Waals surface area contributed by atoms with Crippen molar-refractivity contribution in [3.63, 3.8) is 0 Å². The van der Waals surface area contributed by atoms with Crippen LogP contribution in [0.15, 0.2) is 6.20 Å². The monoisotopic (exact) mass is 348 g/mol. The average molecular weight is 348 g/mol. The van der Waals surface area contributed by atoms with Crippen LogP contribution in [0.4, 0.5) is 17.5 Å². The molecule has 1 aliphatic carbocycles. The number of anilines is 3. The number of hydrogen-bond donors (Lipinski definition) is 4. The Hall–Kier alpha value is -2.09. The van der Waals surface area contributed by atoms with Crippen molar-refractivity contribution < 1.29 is 9.53 Å². The third-order valence-electron chi connectivity index (χ3n) is 5.11. The van der Waals surface area contributed by atoms with E-state index in [-0.39, 0.29) is 24.0 Å². The molecule has 25 heavy (non-hydrogen) atoms. The second-order valence-electron chi connectivity index (χ2n) is 7.14. The number of amides is 1. The Balaban J connectivity index is 1.59. The van der Waals surface area contributed by atoms with E-state index in [4.69, 9.17) is 16.2 Å². The van der Waals surface area contributed by atoms with Gasteiger partial charge in [-0.1, -0.05) is 0 Å². The first-order chi connectivity index (χ1) is 12.0. The highest BCUT2D eigenvalue weighted by Crippen LogP contribution is 2.28. The van der Waals surface area contributed by atoms with Gasteiger partial charge in [0.05, 0.1) is 18.0 Å². The van der Waals surface area contributed by atoms with Gasteiger partial charge >= 0.3 is 0 Å². The molecule has 6 N–H and O–H groups in total. The Morgan fingerprint density at radius 2 is 1.96 bits per heavy atom. The molecule has 1 aliphatic heterocycles. The lowest BCUT2D eigenvalue weighted by atomic mass is 9.85. The van der Waals surface area contributed by atoms with E-state index in [1.165, 1.54) is 0 Å². The lowest BCUT2D eigenvalue weighted by Gasteiger charge is -2.29. The number of aromatic nitrogens is 2. The molecule has 2 fully saturated rings. The van der Waals surface area contributed by atoms with Crippen molar-refractivity contribution in [3.8, 4) is 0 Å².